The summed E-state index contributed by atoms with van der Waals surface area (Å²) in [5.41, 5.74) is 2.93. The molecular formula is C16H23N5O6S. The molecule has 1 aromatic carbocycles. The Morgan fingerprint density at radius 2 is 2.07 bits per heavy atom. The third-order valence-electron chi connectivity index (χ3n) is 4.41. The molecule has 0 radical (unpaired) electrons. The molecule has 0 spiro atoms. The smallest absolute Gasteiger partial charge is 0.386 e. The van der Waals surface area contributed by atoms with E-state index in [0.29, 0.717) is 30.8 Å². The molecule has 2 unspecified atom stereocenters. The molecule has 0 saturated carbocycles. The van der Waals surface area contributed by atoms with Crippen LogP contribution in [0.25, 0.3) is 5.69 Å². The van der Waals surface area contributed by atoms with Gasteiger partial charge in [-0.3, -0.25) is 4.55 Å². The van der Waals surface area contributed by atoms with Crippen LogP contribution in [-0.2, 0) is 14.6 Å². The average Bonchev–Trinajstić information content (AvgIpc) is 3.17. The Morgan fingerprint density at radius 3 is 2.71 bits per heavy atom. The molecule has 2 heterocycles. The van der Waals surface area contributed by atoms with Crippen LogP contribution in [0.5, 0.6) is 0 Å². The maximum atomic E-state index is 10.6. The minimum absolute atomic E-state index is 0.171. The minimum Gasteiger partial charge on any atom is -0.386 e. The number of imidazole rings is 1. The van der Waals surface area contributed by atoms with Gasteiger partial charge in [0.05, 0.1) is 35.7 Å². The Balaban J connectivity index is 1.83. The first-order chi connectivity index (χ1) is 13.3. The van der Waals surface area contributed by atoms with Gasteiger partial charge in [-0.15, -0.1) is 0 Å². The van der Waals surface area contributed by atoms with Crippen molar-refractivity contribution >= 4 is 27.5 Å². The number of rotatable bonds is 8. The number of aliphatic hydroxyl groups is 2. The molecule has 0 saturated heterocycles. The highest BCUT2D eigenvalue weighted by atomic mass is 32.3. The zero-order valence-electron chi connectivity index (χ0n) is 15.2. The van der Waals surface area contributed by atoms with Crippen LogP contribution in [-0.4, -0.2) is 65.4 Å². The topological polar surface area (TPSA) is 149 Å². The second-order valence-corrected chi connectivity index (χ2v) is 7.35. The lowest BCUT2D eigenvalue weighted by Crippen LogP contribution is -2.51. The Morgan fingerprint density at radius 1 is 1.29 bits per heavy atom. The van der Waals surface area contributed by atoms with Gasteiger partial charge in [-0.1, -0.05) is 0 Å². The van der Waals surface area contributed by atoms with E-state index in [0.717, 1.165) is 11.4 Å². The number of hydrogen-bond donors (Lipinski definition) is 5. The molecule has 0 bridgehead atoms. The number of aliphatic hydroxyl groups excluding tert-OH is 2. The summed E-state index contributed by atoms with van der Waals surface area (Å²) in [4.78, 5) is 5.68. The normalized spacial score (nSPS) is 19.2. The number of hydrogen-bond acceptors (Lipinski definition) is 9. The molecule has 1 aliphatic rings. The van der Waals surface area contributed by atoms with Gasteiger partial charge in [-0.2, -0.15) is 8.42 Å². The van der Waals surface area contributed by atoms with Crippen LogP contribution in [0.2, 0.25) is 0 Å². The minimum atomic E-state index is -4.46. The van der Waals surface area contributed by atoms with Gasteiger partial charge >= 0.3 is 10.4 Å². The van der Waals surface area contributed by atoms with E-state index in [4.69, 9.17) is 4.55 Å². The van der Waals surface area contributed by atoms with Crippen molar-refractivity contribution in [3.63, 3.8) is 0 Å². The molecule has 0 amide bonds. The first-order valence-electron chi connectivity index (χ1n) is 8.65. The van der Waals surface area contributed by atoms with Crippen LogP contribution < -0.4 is 15.5 Å². The van der Waals surface area contributed by atoms with Crippen LogP contribution in [0.1, 0.15) is 12.8 Å². The molecule has 12 heteroatoms. The van der Waals surface area contributed by atoms with E-state index >= 15 is 0 Å². The summed E-state index contributed by atoms with van der Waals surface area (Å²) in [5.74, 6) is 0. The summed E-state index contributed by atoms with van der Waals surface area (Å²) in [6, 6.07) is 3.69. The van der Waals surface area contributed by atoms with Crippen LogP contribution in [0.15, 0.2) is 30.9 Å². The number of fused-ring (bicyclic) bond motifs is 1. The molecule has 28 heavy (non-hydrogen) atoms. The van der Waals surface area contributed by atoms with Gasteiger partial charge in [0.1, 0.15) is 0 Å². The van der Waals surface area contributed by atoms with Gasteiger partial charge in [0.2, 0.25) is 0 Å². The second-order valence-electron chi connectivity index (χ2n) is 6.26. The van der Waals surface area contributed by atoms with E-state index in [2.05, 4.69) is 19.8 Å². The maximum absolute atomic E-state index is 10.6. The van der Waals surface area contributed by atoms with Crippen molar-refractivity contribution in [2.45, 2.75) is 25.3 Å². The number of benzene rings is 1. The van der Waals surface area contributed by atoms with E-state index in [1.54, 1.807) is 30.7 Å². The lowest BCUT2D eigenvalue weighted by Gasteiger charge is -2.40. The number of anilines is 3. The molecule has 11 nitrogen and oxygen atoms in total. The summed E-state index contributed by atoms with van der Waals surface area (Å²) in [6.07, 6.45) is 3.53. The number of aromatic nitrogens is 2. The summed E-state index contributed by atoms with van der Waals surface area (Å²) >= 11 is 0. The highest BCUT2D eigenvalue weighted by Gasteiger charge is 2.32. The quantitative estimate of drug-likeness (QED) is 0.304. The summed E-state index contributed by atoms with van der Waals surface area (Å²) in [7, 11) is -2.68. The van der Waals surface area contributed by atoms with E-state index < -0.39 is 22.9 Å². The standard InChI is InChI=1S/C16H23N5O6S/c1-17-11-8-12-14(9-13(11)20-6-4-18-10-20)21(16(23)15(22)19-12)5-2-3-7-27-28(24,25)26/h4,6,8-10,15-17,19,22-23H,2-3,5,7H2,1H3,(H,24,25,26). The van der Waals surface area contributed by atoms with Crippen LogP contribution in [0.4, 0.5) is 17.1 Å². The molecule has 0 aliphatic carbocycles. The zero-order chi connectivity index (χ0) is 20.3. The molecule has 154 valence electrons. The third kappa shape index (κ3) is 4.54. The molecule has 2 atom stereocenters. The first kappa shape index (κ1) is 20.4. The van der Waals surface area contributed by atoms with Gasteiger partial charge in [0.15, 0.2) is 12.5 Å². The Kier molecular flexibility index (Phi) is 6.05. The van der Waals surface area contributed by atoms with Crippen molar-refractivity contribution in [1.82, 2.24) is 9.55 Å². The number of nitrogens with zero attached hydrogens (tertiary/aromatic N) is 3. The highest BCUT2D eigenvalue weighted by Crippen LogP contribution is 2.38. The average molecular weight is 413 g/mol. The molecule has 2 aromatic rings. The zero-order valence-corrected chi connectivity index (χ0v) is 16.0. The Bertz CT molecular complexity index is 904. The number of nitrogens with one attached hydrogen (secondary N) is 2. The van der Waals surface area contributed by atoms with E-state index in [1.165, 1.54) is 0 Å². The Labute approximate surface area is 162 Å². The van der Waals surface area contributed by atoms with Gasteiger partial charge in [-0.25, -0.2) is 9.17 Å². The lowest BCUT2D eigenvalue weighted by atomic mass is 10.1. The van der Waals surface area contributed by atoms with E-state index in [9.17, 15) is 18.6 Å². The summed E-state index contributed by atoms with van der Waals surface area (Å²) in [6.45, 7) is 0.166. The van der Waals surface area contributed by atoms with Crippen LogP contribution >= 0.6 is 0 Å². The molecule has 1 aliphatic heterocycles. The van der Waals surface area contributed by atoms with Crippen LogP contribution in [0, 0.1) is 0 Å². The van der Waals surface area contributed by atoms with Gasteiger partial charge in [0.25, 0.3) is 0 Å². The van der Waals surface area contributed by atoms with Crippen molar-refractivity contribution in [3.8, 4) is 5.69 Å². The van der Waals surface area contributed by atoms with Crippen LogP contribution in [0.3, 0.4) is 0 Å². The Hall–Kier alpha value is -2.38. The van der Waals surface area contributed by atoms with Gasteiger partial charge in [-0.05, 0) is 25.0 Å². The molecule has 5 N–H and O–H groups in total. The fourth-order valence-electron chi connectivity index (χ4n) is 3.09. The molecule has 1 aromatic heterocycles. The predicted octanol–water partition coefficient (Wildman–Crippen LogP) is 0.382. The fraction of sp³-hybridized carbons (Fsp3) is 0.438. The van der Waals surface area contributed by atoms with E-state index in [-0.39, 0.29) is 6.61 Å². The van der Waals surface area contributed by atoms with Gasteiger partial charge in [0, 0.05) is 26.0 Å². The SMILES string of the molecule is CNc1cc2c(cc1-n1ccnc1)N(CCCCOS(=O)(=O)O)C(O)C(O)N2. The first-order valence-corrected chi connectivity index (χ1v) is 10.0. The second kappa shape index (κ2) is 8.32. The predicted molar refractivity (Wildman–Crippen MR) is 103 cm³/mol. The largest absolute Gasteiger partial charge is 0.397 e. The number of unbranched alkanes of at least 4 members (excludes halogenated alkanes) is 1. The maximum Gasteiger partial charge on any atom is 0.397 e. The lowest BCUT2D eigenvalue weighted by molar-refractivity contribution is 0.0309. The molecular weight excluding hydrogens is 390 g/mol. The molecule has 3 rings (SSSR count). The molecule has 0 fully saturated rings. The van der Waals surface area contributed by atoms with Gasteiger partial charge < -0.3 is 30.3 Å². The summed E-state index contributed by atoms with van der Waals surface area (Å²) in [5, 5.41) is 26.5. The van der Waals surface area contributed by atoms with Crippen molar-refractivity contribution < 1.29 is 27.4 Å². The summed E-state index contributed by atoms with van der Waals surface area (Å²) < 4.78 is 35.9. The van der Waals surface area contributed by atoms with E-state index in [1.807, 2.05) is 16.7 Å². The van der Waals surface area contributed by atoms with Crippen molar-refractivity contribution in [3.05, 3.63) is 30.9 Å². The third-order valence-corrected chi connectivity index (χ3v) is 4.87. The van der Waals surface area contributed by atoms with Crippen molar-refractivity contribution in [2.75, 3.05) is 35.7 Å². The monoisotopic (exact) mass is 413 g/mol. The van der Waals surface area contributed by atoms with Crippen molar-refractivity contribution in [2.24, 2.45) is 0 Å². The fourth-order valence-corrected chi connectivity index (χ4v) is 3.42. The van der Waals surface area contributed by atoms with Crippen molar-refractivity contribution in [1.29, 1.82) is 0 Å². The highest BCUT2D eigenvalue weighted by molar-refractivity contribution is 7.80.